The first kappa shape index (κ1) is 14.9. The summed E-state index contributed by atoms with van der Waals surface area (Å²) in [6.07, 6.45) is -4.04. The van der Waals surface area contributed by atoms with Gasteiger partial charge in [0.2, 0.25) is 0 Å². The molecule has 1 aromatic carbocycles. The molecule has 1 rings (SSSR count). The summed E-state index contributed by atoms with van der Waals surface area (Å²) in [5, 5.41) is 11.8. The number of nitrogens with one attached hydrogen (secondary N) is 1. The second kappa shape index (κ2) is 6.15. The largest absolute Gasteiger partial charge is 0.419 e. The molecule has 0 saturated carbocycles. The number of hydrogen-bond donors (Lipinski definition) is 2. The van der Waals surface area contributed by atoms with Gasteiger partial charge in [0.25, 0.3) is 0 Å². The molecule has 0 radical (unpaired) electrons. The molecule has 0 saturated heterocycles. The average molecular weight is 265 g/mol. The van der Waals surface area contributed by atoms with Crippen molar-refractivity contribution in [1.82, 2.24) is 5.32 Å². The van der Waals surface area contributed by atoms with Crippen LogP contribution in [0.5, 0.6) is 0 Å². The summed E-state index contributed by atoms with van der Waals surface area (Å²) in [7, 11) is 0. The zero-order valence-electron chi connectivity index (χ0n) is 9.89. The third-order valence-electron chi connectivity index (χ3n) is 2.64. The molecular formula is C12H15F4NO. The first-order valence-electron chi connectivity index (χ1n) is 5.58. The van der Waals surface area contributed by atoms with Gasteiger partial charge in [0.15, 0.2) is 0 Å². The molecule has 2 nitrogen and oxygen atoms in total. The third kappa shape index (κ3) is 3.96. The van der Waals surface area contributed by atoms with Crippen LogP contribution in [-0.4, -0.2) is 17.8 Å². The van der Waals surface area contributed by atoms with Gasteiger partial charge in [0.05, 0.1) is 12.2 Å². The highest BCUT2D eigenvalue weighted by Crippen LogP contribution is 2.31. The highest BCUT2D eigenvalue weighted by molar-refractivity contribution is 5.27. The predicted molar refractivity (Wildman–Crippen MR) is 59.4 cm³/mol. The number of alkyl halides is 3. The summed E-state index contributed by atoms with van der Waals surface area (Å²) in [5.74, 6) is -1.28. The van der Waals surface area contributed by atoms with E-state index in [0.717, 1.165) is 12.1 Å². The highest BCUT2D eigenvalue weighted by atomic mass is 19.4. The lowest BCUT2D eigenvalue weighted by molar-refractivity contribution is -0.140. The summed E-state index contributed by atoms with van der Waals surface area (Å²) in [6, 6.07) is 2.71. The van der Waals surface area contributed by atoms with Gasteiger partial charge >= 0.3 is 6.18 Å². The molecule has 0 aliphatic carbocycles. The number of benzene rings is 1. The molecule has 2 N–H and O–H groups in total. The second-order valence-corrected chi connectivity index (χ2v) is 3.98. The fraction of sp³-hybridized carbons (Fsp3) is 0.500. The molecule has 0 heterocycles. The molecule has 102 valence electrons. The smallest absolute Gasteiger partial charge is 0.395 e. The minimum atomic E-state index is -4.69. The van der Waals surface area contributed by atoms with Crippen molar-refractivity contribution < 1.29 is 22.7 Å². The molecule has 0 amide bonds. The monoisotopic (exact) mass is 265 g/mol. The van der Waals surface area contributed by atoms with Gasteiger partial charge in [-0.2, -0.15) is 13.2 Å². The van der Waals surface area contributed by atoms with Gasteiger partial charge in [0, 0.05) is 12.6 Å². The van der Waals surface area contributed by atoms with Crippen molar-refractivity contribution in [2.24, 2.45) is 0 Å². The van der Waals surface area contributed by atoms with Crippen molar-refractivity contribution >= 4 is 0 Å². The molecule has 0 aliphatic rings. The van der Waals surface area contributed by atoms with Crippen LogP contribution < -0.4 is 5.32 Å². The third-order valence-corrected chi connectivity index (χ3v) is 2.64. The van der Waals surface area contributed by atoms with Crippen LogP contribution in [0.3, 0.4) is 0 Å². The Labute approximate surface area is 103 Å². The van der Waals surface area contributed by atoms with Crippen LogP contribution in [0.25, 0.3) is 0 Å². The molecule has 1 aromatic rings. The van der Waals surface area contributed by atoms with Gasteiger partial charge in [0.1, 0.15) is 5.82 Å². The number of halogens is 4. The number of aliphatic hydroxyl groups is 1. The lowest BCUT2D eigenvalue weighted by Gasteiger charge is -2.15. The number of rotatable bonds is 5. The SMILES string of the molecule is CC[C@@H](CO)NCc1ccc(F)c(C(F)(F)F)c1. The van der Waals surface area contributed by atoms with E-state index in [1.165, 1.54) is 6.07 Å². The lowest BCUT2D eigenvalue weighted by atomic mass is 10.1. The van der Waals surface area contributed by atoms with Gasteiger partial charge in [-0.15, -0.1) is 0 Å². The lowest BCUT2D eigenvalue weighted by Crippen LogP contribution is -2.31. The van der Waals surface area contributed by atoms with E-state index in [4.69, 9.17) is 5.11 Å². The summed E-state index contributed by atoms with van der Waals surface area (Å²) in [5.41, 5.74) is -0.936. The van der Waals surface area contributed by atoms with Crippen molar-refractivity contribution in [3.8, 4) is 0 Å². The Bertz CT molecular complexity index is 388. The Morgan fingerprint density at radius 3 is 2.50 bits per heavy atom. The Hall–Kier alpha value is -1.14. The molecular weight excluding hydrogens is 250 g/mol. The summed E-state index contributed by atoms with van der Waals surface area (Å²) >= 11 is 0. The van der Waals surface area contributed by atoms with Crippen LogP contribution in [0.15, 0.2) is 18.2 Å². The van der Waals surface area contributed by atoms with E-state index in [9.17, 15) is 17.6 Å². The molecule has 0 aromatic heterocycles. The van der Waals surface area contributed by atoms with Crippen LogP contribution in [0.4, 0.5) is 17.6 Å². The van der Waals surface area contributed by atoms with Crippen LogP contribution in [0.1, 0.15) is 24.5 Å². The molecule has 0 aliphatic heterocycles. The van der Waals surface area contributed by atoms with Crippen molar-refractivity contribution in [2.45, 2.75) is 32.1 Å². The van der Waals surface area contributed by atoms with E-state index < -0.39 is 17.6 Å². The van der Waals surface area contributed by atoms with Crippen molar-refractivity contribution in [1.29, 1.82) is 0 Å². The zero-order chi connectivity index (χ0) is 13.8. The summed E-state index contributed by atoms with van der Waals surface area (Å²) < 4.78 is 50.4. The maximum absolute atomic E-state index is 13.0. The number of aliphatic hydroxyl groups excluding tert-OH is 1. The molecule has 6 heteroatoms. The van der Waals surface area contributed by atoms with Crippen molar-refractivity contribution in [2.75, 3.05) is 6.61 Å². The van der Waals surface area contributed by atoms with Gasteiger partial charge in [-0.25, -0.2) is 4.39 Å². The van der Waals surface area contributed by atoms with Crippen molar-refractivity contribution in [3.63, 3.8) is 0 Å². The van der Waals surface area contributed by atoms with Gasteiger partial charge in [-0.3, -0.25) is 0 Å². The fourth-order valence-corrected chi connectivity index (χ4v) is 1.50. The van der Waals surface area contributed by atoms with E-state index in [1.807, 2.05) is 6.92 Å². The zero-order valence-corrected chi connectivity index (χ0v) is 9.89. The number of hydrogen-bond acceptors (Lipinski definition) is 2. The predicted octanol–water partition coefficient (Wildman–Crippen LogP) is 2.71. The summed E-state index contributed by atoms with van der Waals surface area (Å²) in [6.45, 7) is 1.91. The molecule has 18 heavy (non-hydrogen) atoms. The quantitative estimate of drug-likeness (QED) is 0.802. The molecule has 1 atom stereocenters. The van der Waals surface area contributed by atoms with Gasteiger partial charge in [-0.1, -0.05) is 13.0 Å². The van der Waals surface area contributed by atoms with Crippen LogP contribution in [0.2, 0.25) is 0 Å². The molecule has 0 bridgehead atoms. The maximum atomic E-state index is 13.0. The average Bonchev–Trinajstić information content (AvgIpc) is 2.31. The second-order valence-electron chi connectivity index (χ2n) is 3.98. The van der Waals surface area contributed by atoms with Crippen molar-refractivity contribution in [3.05, 3.63) is 35.1 Å². The summed E-state index contributed by atoms with van der Waals surface area (Å²) in [4.78, 5) is 0. The van der Waals surface area contributed by atoms with E-state index in [-0.39, 0.29) is 19.2 Å². The topological polar surface area (TPSA) is 32.3 Å². The fourth-order valence-electron chi connectivity index (χ4n) is 1.50. The normalized spacial score (nSPS) is 13.7. The van der Waals surface area contributed by atoms with E-state index in [2.05, 4.69) is 5.32 Å². The first-order valence-corrected chi connectivity index (χ1v) is 5.58. The van der Waals surface area contributed by atoms with Crippen LogP contribution in [-0.2, 0) is 12.7 Å². The first-order chi connectivity index (χ1) is 8.38. The van der Waals surface area contributed by atoms with Gasteiger partial charge in [-0.05, 0) is 24.1 Å². The Kier molecular flexibility index (Phi) is 5.10. The highest BCUT2D eigenvalue weighted by Gasteiger charge is 2.34. The van der Waals surface area contributed by atoms with E-state index in [0.29, 0.717) is 12.0 Å². The maximum Gasteiger partial charge on any atom is 0.419 e. The molecule has 0 fully saturated rings. The molecule has 0 unspecified atom stereocenters. The Morgan fingerprint density at radius 1 is 1.33 bits per heavy atom. The standard InChI is InChI=1S/C12H15F4NO/c1-2-9(7-18)17-6-8-3-4-11(13)10(5-8)12(14,15)16/h3-5,9,17-18H,2,6-7H2,1H3/t9-/m0/s1. The molecule has 0 spiro atoms. The van der Waals surface area contributed by atoms with E-state index >= 15 is 0 Å². The minimum absolute atomic E-state index is 0.0934. The van der Waals surface area contributed by atoms with Crippen LogP contribution in [0, 0.1) is 5.82 Å². The van der Waals surface area contributed by atoms with E-state index in [1.54, 1.807) is 0 Å². The Morgan fingerprint density at radius 2 is 2.00 bits per heavy atom. The Balaban J connectivity index is 2.80. The van der Waals surface area contributed by atoms with Crippen LogP contribution >= 0.6 is 0 Å². The van der Waals surface area contributed by atoms with Gasteiger partial charge < -0.3 is 10.4 Å². The minimum Gasteiger partial charge on any atom is -0.395 e.